The van der Waals surface area contributed by atoms with Gasteiger partial charge in [-0.2, -0.15) is 0 Å². The second kappa shape index (κ2) is 6.41. The van der Waals surface area contributed by atoms with Crippen molar-refractivity contribution in [1.82, 2.24) is 25.2 Å². The smallest absolute Gasteiger partial charge is 0.335 e. The molecule has 2 heterocycles. The van der Waals surface area contributed by atoms with E-state index in [0.29, 0.717) is 5.16 Å². The maximum atomic E-state index is 11.0. The molecule has 7 nitrogen and oxygen atoms in total. The number of carboxylic acids is 1. The first kappa shape index (κ1) is 14.9. The van der Waals surface area contributed by atoms with Crippen LogP contribution in [0.4, 0.5) is 0 Å². The molecule has 114 valence electrons. The fraction of sp³-hybridized carbons (Fsp3) is 0.308. The van der Waals surface area contributed by atoms with Gasteiger partial charge < -0.3 is 5.11 Å². The summed E-state index contributed by atoms with van der Waals surface area (Å²) in [5.41, 5.74) is 1.05. The van der Waals surface area contributed by atoms with Gasteiger partial charge in [0.2, 0.25) is 5.16 Å². The molecule has 0 aliphatic heterocycles. The largest absolute Gasteiger partial charge is 0.478 e. The summed E-state index contributed by atoms with van der Waals surface area (Å²) in [4.78, 5) is 15.5. The molecule has 0 bridgehead atoms. The molecule has 3 aromatic rings. The first-order valence-corrected chi connectivity index (χ1v) is 8.38. The number of carbonyl (C=O) groups is 1. The van der Waals surface area contributed by atoms with E-state index in [0.717, 1.165) is 33.9 Å². The number of tetrazole rings is 1. The predicted octanol–water partition coefficient (Wildman–Crippen LogP) is 2.93. The molecule has 9 heteroatoms. The summed E-state index contributed by atoms with van der Waals surface area (Å²) in [6, 6.07) is 4.92. The molecular weight excluding hydrogens is 322 g/mol. The number of hydrogen-bond acceptors (Lipinski definition) is 7. The summed E-state index contributed by atoms with van der Waals surface area (Å²) in [5, 5.41) is 21.4. The van der Waals surface area contributed by atoms with Crippen LogP contribution in [-0.2, 0) is 6.54 Å². The molecule has 0 aliphatic carbocycles. The van der Waals surface area contributed by atoms with Crippen molar-refractivity contribution in [2.45, 2.75) is 35.8 Å². The molecule has 22 heavy (non-hydrogen) atoms. The lowest BCUT2D eigenvalue weighted by molar-refractivity contribution is 0.0697. The van der Waals surface area contributed by atoms with Gasteiger partial charge in [-0.25, -0.2) is 14.5 Å². The molecule has 1 aromatic carbocycles. The minimum Gasteiger partial charge on any atom is -0.478 e. The Labute approximate surface area is 134 Å². The van der Waals surface area contributed by atoms with Gasteiger partial charge in [0.1, 0.15) is 0 Å². The lowest BCUT2D eigenvalue weighted by atomic mass is 10.2. The van der Waals surface area contributed by atoms with Crippen molar-refractivity contribution < 1.29 is 9.90 Å². The van der Waals surface area contributed by atoms with E-state index in [-0.39, 0.29) is 5.56 Å². The Morgan fingerprint density at radius 1 is 1.45 bits per heavy atom. The van der Waals surface area contributed by atoms with Crippen LogP contribution >= 0.6 is 23.1 Å². The normalized spacial score (nSPS) is 11.1. The highest BCUT2D eigenvalue weighted by molar-refractivity contribution is 8.01. The molecule has 0 saturated heterocycles. The van der Waals surface area contributed by atoms with E-state index >= 15 is 0 Å². The predicted molar refractivity (Wildman–Crippen MR) is 83.4 cm³/mol. The van der Waals surface area contributed by atoms with Crippen LogP contribution in [0.2, 0.25) is 0 Å². The average molecular weight is 335 g/mol. The second-order valence-electron chi connectivity index (χ2n) is 4.61. The van der Waals surface area contributed by atoms with Crippen molar-refractivity contribution in [3.63, 3.8) is 0 Å². The molecule has 3 rings (SSSR count). The first-order chi connectivity index (χ1) is 10.7. The van der Waals surface area contributed by atoms with Crippen LogP contribution in [0.25, 0.3) is 10.2 Å². The number of thiazole rings is 1. The molecule has 0 fully saturated rings. The van der Waals surface area contributed by atoms with E-state index in [1.54, 1.807) is 22.9 Å². The number of nitrogens with zero attached hydrogens (tertiary/aromatic N) is 5. The van der Waals surface area contributed by atoms with Gasteiger partial charge in [-0.15, -0.1) is 16.4 Å². The average Bonchev–Trinajstić information content (AvgIpc) is 3.10. The highest BCUT2D eigenvalue weighted by atomic mass is 32.2. The number of benzene rings is 1. The van der Waals surface area contributed by atoms with Gasteiger partial charge in [-0.05, 0) is 46.8 Å². The third-order valence-corrected chi connectivity index (χ3v) is 5.07. The van der Waals surface area contributed by atoms with Crippen molar-refractivity contribution in [3.05, 3.63) is 23.8 Å². The van der Waals surface area contributed by atoms with E-state index in [1.807, 2.05) is 0 Å². The van der Waals surface area contributed by atoms with Gasteiger partial charge in [-0.3, -0.25) is 0 Å². The van der Waals surface area contributed by atoms with E-state index in [1.165, 1.54) is 23.1 Å². The molecule has 0 spiro atoms. The number of hydrogen-bond donors (Lipinski definition) is 1. The minimum atomic E-state index is -0.937. The summed E-state index contributed by atoms with van der Waals surface area (Å²) in [7, 11) is 0. The lowest BCUT2D eigenvalue weighted by Gasteiger charge is -2.00. The lowest BCUT2D eigenvalue weighted by Crippen LogP contribution is -2.01. The molecule has 1 N–H and O–H groups in total. The third kappa shape index (κ3) is 3.09. The van der Waals surface area contributed by atoms with Crippen LogP contribution in [0.5, 0.6) is 0 Å². The zero-order chi connectivity index (χ0) is 15.5. The molecule has 0 radical (unpaired) electrons. The molecule has 0 aliphatic rings. The van der Waals surface area contributed by atoms with Crippen molar-refractivity contribution >= 4 is 39.3 Å². The van der Waals surface area contributed by atoms with Gasteiger partial charge in [0.15, 0.2) is 4.34 Å². The maximum absolute atomic E-state index is 11.0. The standard InChI is InChI=1S/C13H13N5O2S2/c1-2-3-6-18-12(15-16-17-18)22-13-14-9-5-4-8(11(19)20)7-10(9)21-13/h4-5,7H,2-3,6H2,1H3,(H,19,20). The highest BCUT2D eigenvalue weighted by Crippen LogP contribution is 2.33. The summed E-state index contributed by atoms with van der Waals surface area (Å²) in [6.07, 6.45) is 2.09. The van der Waals surface area contributed by atoms with Crippen LogP contribution in [-0.4, -0.2) is 36.3 Å². The van der Waals surface area contributed by atoms with Crippen LogP contribution in [0.3, 0.4) is 0 Å². The number of rotatable bonds is 6. The maximum Gasteiger partial charge on any atom is 0.335 e. The SMILES string of the molecule is CCCCn1nnnc1Sc1nc2ccc(C(=O)O)cc2s1. The summed E-state index contributed by atoms with van der Waals surface area (Å²) in [5.74, 6) is -0.937. The Kier molecular flexibility index (Phi) is 4.34. The van der Waals surface area contributed by atoms with Gasteiger partial charge in [0, 0.05) is 6.54 Å². The number of unbranched alkanes of at least 4 members (excludes halogenated alkanes) is 1. The fourth-order valence-electron chi connectivity index (χ4n) is 1.88. The van der Waals surface area contributed by atoms with Gasteiger partial charge >= 0.3 is 5.97 Å². The Balaban J connectivity index is 1.85. The molecular formula is C13H13N5O2S2. The molecule has 0 amide bonds. The minimum absolute atomic E-state index is 0.264. The van der Waals surface area contributed by atoms with E-state index in [9.17, 15) is 4.79 Å². The number of aromatic carboxylic acids is 1. The van der Waals surface area contributed by atoms with Gasteiger partial charge in [-0.1, -0.05) is 13.3 Å². The Morgan fingerprint density at radius 3 is 3.09 bits per heavy atom. The number of fused-ring (bicyclic) bond motifs is 1. The molecule has 0 saturated carbocycles. The number of aromatic nitrogens is 5. The Bertz CT molecular complexity index is 814. The van der Waals surface area contributed by atoms with Gasteiger partial charge in [0.25, 0.3) is 0 Å². The first-order valence-electron chi connectivity index (χ1n) is 6.75. The Hall–Kier alpha value is -2.00. The monoisotopic (exact) mass is 335 g/mol. The van der Waals surface area contributed by atoms with Crippen molar-refractivity contribution in [1.29, 1.82) is 0 Å². The van der Waals surface area contributed by atoms with Crippen molar-refractivity contribution in [2.24, 2.45) is 0 Å². The highest BCUT2D eigenvalue weighted by Gasteiger charge is 2.13. The zero-order valence-electron chi connectivity index (χ0n) is 11.8. The van der Waals surface area contributed by atoms with Crippen LogP contribution in [0, 0.1) is 0 Å². The zero-order valence-corrected chi connectivity index (χ0v) is 13.4. The van der Waals surface area contributed by atoms with Gasteiger partial charge in [0.05, 0.1) is 15.8 Å². The summed E-state index contributed by atoms with van der Waals surface area (Å²) in [6.45, 7) is 2.89. The summed E-state index contributed by atoms with van der Waals surface area (Å²) >= 11 is 2.84. The number of carboxylic acid groups (broad SMARTS) is 1. The number of aryl methyl sites for hydroxylation is 1. The van der Waals surface area contributed by atoms with E-state index in [2.05, 4.69) is 27.4 Å². The van der Waals surface area contributed by atoms with E-state index < -0.39 is 5.97 Å². The van der Waals surface area contributed by atoms with Crippen LogP contribution < -0.4 is 0 Å². The topological polar surface area (TPSA) is 93.8 Å². The fourth-order valence-corrected chi connectivity index (χ4v) is 3.88. The second-order valence-corrected chi connectivity index (χ2v) is 6.85. The van der Waals surface area contributed by atoms with E-state index in [4.69, 9.17) is 5.11 Å². The Morgan fingerprint density at radius 2 is 2.32 bits per heavy atom. The summed E-state index contributed by atoms with van der Waals surface area (Å²) < 4.78 is 3.41. The van der Waals surface area contributed by atoms with Crippen LogP contribution in [0.1, 0.15) is 30.1 Å². The molecule has 2 aromatic heterocycles. The van der Waals surface area contributed by atoms with Crippen molar-refractivity contribution in [3.8, 4) is 0 Å². The van der Waals surface area contributed by atoms with Crippen LogP contribution in [0.15, 0.2) is 27.7 Å². The quantitative estimate of drug-likeness (QED) is 0.740. The van der Waals surface area contributed by atoms with Crippen molar-refractivity contribution in [2.75, 3.05) is 0 Å². The molecule has 0 atom stereocenters. The molecule has 0 unspecified atom stereocenters. The third-order valence-electron chi connectivity index (χ3n) is 3.02.